The van der Waals surface area contributed by atoms with E-state index in [4.69, 9.17) is 9.63 Å². The molecular formula is C24H24F2N6O3. The Morgan fingerprint density at radius 3 is 2.63 bits per heavy atom. The van der Waals surface area contributed by atoms with Crippen molar-refractivity contribution in [2.75, 3.05) is 18.0 Å². The van der Waals surface area contributed by atoms with E-state index in [0.717, 1.165) is 18.9 Å². The zero-order valence-electron chi connectivity index (χ0n) is 19.3. The predicted octanol–water partition coefficient (Wildman–Crippen LogP) is 4.35. The number of piperidine rings is 1. The van der Waals surface area contributed by atoms with Gasteiger partial charge in [-0.15, -0.1) is 0 Å². The smallest absolute Gasteiger partial charge is 0.335 e. The average molecular weight is 482 g/mol. The predicted molar refractivity (Wildman–Crippen MR) is 123 cm³/mol. The standard InChI is InChI=1S/C24H24F2N6O3/c1-13(2)21-29-24(35-30-21)31-7-5-16(6-8-31)32-11-18(26)20-19(27-12-28-22(20)32)10-14-3-4-15(23(33)34)9-17(14)25/h3-4,9,11-13,16H,5-8,10H2,1-2H3,(H,33,34). The van der Waals surface area contributed by atoms with Gasteiger partial charge in [0.25, 0.3) is 0 Å². The molecule has 5 rings (SSSR count). The summed E-state index contributed by atoms with van der Waals surface area (Å²) in [5.41, 5.74) is 0.880. The van der Waals surface area contributed by atoms with Crippen molar-refractivity contribution in [3.05, 3.63) is 65.0 Å². The molecular weight excluding hydrogens is 458 g/mol. The van der Waals surface area contributed by atoms with Gasteiger partial charge in [0, 0.05) is 37.7 Å². The lowest BCUT2D eigenvalue weighted by molar-refractivity contribution is 0.0696. The van der Waals surface area contributed by atoms with Crippen LogP contribution in [0.4, 0.5) is 14.8 Å². The summed E-state index contributed by atoms with van der Waals surface area (Å²) in [5, 5.41) is 13.3. The largest absolute Gasteiger partial charge is 0.478 e. The molecule has 0 spiro atoms. The molecule has 4 heterocycles. The molecule has 3 aromatic heterocycles. The van der Waals surface area contributed by atoms with Gasteiger partial charge in [0.2, 0.25) is 0 Å². The number of benzene rings is 1. The van der Waals surface area contributed by atoms with Crippen molar-refractivity contribution in [2.45, 2.75) is 45.1 Å². The van der Waals surface area contributed by atoms with E-state index in [0.29, 0.717) is 36.3 Å². The number of hydrogen-bond donors (Lipinski definition) is 1. The number of anilines is 1. The van der Waals surface area contributed by atoms with Crippen LogP contribution in [0.25, 0.3) is 11.0 Å². The normalized spacial score (nSPS) is 14.8. The van der Waals surface area contributed by atoms with Crippen LogP contribution in [-0.4, -0.2) is 48.8 Å². The Labute approximate surface area is 199 Å². The maximum absolute atomic E-state index is 15.1. The number of carbonyl (C=O) groups is 1. The summed E-state index contributed by atoms with van der Waals surface area (Å²) in [7, 11) is 0. The number of aromatic nitrogens is 5. The van der Waals surface area contributed by atoms with Crippen molar-refractivity contribution >= 4 is 23.0 Å². The van der Waals surface area contributed by atoms with Crippen LogP contribution in [0.1, 0.15) is 66.1 Å². The fourth-order valence-electron chi connectivity index (χ4n) is 4.44. The van der Waals surface area contributed by atoms with Crippen molar-refractivity contribution < 1.29 is 23.2 Å². The highest BCUT2D eigenvalue weighted by Gasteiger charge is 2.27. The second-order valence-corrected chi connectivity index (χ2v) is 9.00. The van der Waals surface area contributed by atoms with Gasteiger partial charge in [0.05, 0.1) is 16.6 Å². The molecule has 0 aliphatic carbocycles. The fraction of sp³-hybridized carbons (Fsp3) is 0.375. The molecule has 0 saturated carbocycles. The number of rotatable bonds is 6. The van der Waals surface area contributed by atoms with Crippen molar-refractivity contribution in [1.82, 2.24) is 24.7 Å². The SMILES string of the molecule is CC(C)c1noc(N2CCC(n3cc(F)c4c(Cc5ccc(C(=O)O)cc5F)ncnc43)CC2)n1. The molecule has 35 heavy (non-hydrogen) atoms. The number of carboxylic acids is 1. The van der Waals surface area contributed by atoms with E-state index in [1.807, 2.05) is 23.3 Å². The Morgan fingerprint density at radius 2 is 1.97 bits per heavy atom. The van der Waals surface area contributed by atoms with Gasteiger partial charge in [-0.05, 0) is 30.5 Å². The quantitative estimate of drug-likeness (QED) is 0.432. The molecule has 1 N–H and O–H groups in total. The third-order valence-corrected chi connectivity index (χ3v) is 6.38. The van der Waals surface area contributed by atoms with Gasteiger partial charge in [0.1, 0.15) is 17.8 Å². The van der Waals surface area contributed by atoms with Crippen molar-refractivity contribution in [2.24, 2.45) is 0 Å². The van der Waals surface area contributed by atoms with Gasteiger partial charge in [-0.2, -0.15) is 4.98 Å². The lowest BCUT2D eigenvalue weighted by Crippen LogP contribution is -2.34. The number of aromatic carboxylic acids is 1. The van der Waals surface area contributed by atoms with Gasteiger partial charge < -0.3 is 19.1 Å². The Morgan fingerprint density at radius 1 is 1.20 bits per heavy atom. The minimum atomic E-state index is -1.21. The molecule has 1 aromatic carbocycles. The second-order valence-electron chi connectivity index (χ2n) is 9.00. The van der Waals surface area contributed by atoms with E-state index in [9.17, 15) is 9.18 Å². The summed E-state index contributed by atoms with van der Waals surface area (Å²) in [5.74, 6) is -1.52. The maximum atomic E-state index is 15.1. The lowest BCUT2D eigenvalue weighted by Gasteiger charge is -2.31. The van der Waals surface area contributed by atoms with Crippen LogP contribution in [-0.2, 0) is 6.42 Å². The summed E-state index contributed by atoms with van der Waals surface area (Å²) < 4.78 is 36.8. The highest BCUT2D eigenvalue weighted by atomic mass is 19.1. The van der Waals surface area contributed by atoms with Crippen LogP contribution in [0.2, 0.25) is 0 Å². The zero-order chi connectivity index (χ0) is 24.7. The third kappa shape index (κ3) is 4.33. The first-order valence-electron chi connectivity index (χ1n) is 11.4. The summed E-state index contributed by atoms with van der Waals surface area (Å²) >= 11 is 0. The van der Waals surface area contributed by atoms with Crippen molar-refractivity contribution in [3.8, 4) is 0 Å². The molecule has 1 saturated heterocycles. The number of hydrogen-bond acceptors (Lipinski definition) is 7. The van der Waals surface area contributed by atoms with Gasteiger partial charge in [-0.25, -0.2) is 23.5 Å². The van der Waals surface area contributed by atoms with Gasteiger partial charge in [0.15, 0.2) is 11.6 Å². The number of fused-ring (bicyclic) bond motifs is 1. The second kappa shape index (κ2) is 9.05. The first-order valence-corrected chi connectivity index (χ1v) is 11.4. The van der Waals surface area contributed by atoms with Crippen LogP contribution >= 0.6 is 0 Å². The number of carboxylic acid groups (broad SMARTS) is 1. The van der Waals surface area contributed by atoms with Crippen molar-refractivity contribution in [1.29, 1.82) is 0 Å². The summed E-state index contributed by atoms with van der Waals surface area (Å²) in [4.78, 5) is 26.1. The van der Waals surface area contributed by atoms with Gasteiger partial charge in [-0.3, -0.25) is 0 Å². The van der Waals surface area contributed by atoms with Crippen LogP contribution < -0.4 is 4.90 Å². The molecule has 0 bridgehead atoms. The van der Waals surface area contributed by atoms with E-state index >= 15 is 4.39 Å². The zero-order valence-corrected chi connectivity index (χ0v) is 19.3. The van der Waals surface area contributed by atoms with Crippen LogP contribution in [0, 0.1) is 11.6 Å². The Bertz CT molecular complexity index is 1390. The van der Waals surface area contributed by atoms with Crippen LogP contribution in [0.3, 0.4) is 0 Å². The van der Waals surface area contributed by atoms with Crippen molar-refractivity contribution in [3.63, 3.8) is 0 Å². The van der Waals surface area contributed by atoms with Gasteiger partial charge >= 0.3 is 12.0 Å². The van der Waals surface area contributed by atoms with E-state index in [-0.39, 0.29) is 34.9 Å². The Hall–Kier alpha value is -3.89. The third-order valence-electron chi connectivity index (χ3n) is 6.38. The highest BCUT2D eigenvalue weighted by molar-refractivity contribution is 5.87. The van der Waals surface area contributed by atoms with Crippen LogP contribution in [0.5, 0.6) is 0 Å². The Balaban J connectivity index is 1.37. The Kier molecular flexibility index (Phi) is 5.91. The van der Waals surface area contributed by atoms with E-state index in [1.165, 1.54) is 24.7 Å². The first-order chi connectivity index (χ1) is 16.8. The summed E-state index contributed by atoms with van der Waals surface area (Å²) in [6.07, 6.45) is 4.24. The maximum Gasteiger partial charge on any atom is 0.335 e. The molecule has 0 radical (unpaired) electrons. The summed E-state index contributed by atoms with van der Waals surface area (Å²) in [6.45, 7) is 5.35. The molecule has 0 amide bonds. The molecule has 0 atom stereocenters. The molecule has 1 aliphatic rings. The molecule has 9 nitrogen and oxygen atoms in total. The fourth-order valence-corrected chi connectivity index (χ4v) is 4.44. The van der Waals surface area contributed by atoms with Crippen LogP contribution in [0.15, 0.2) is 35.2 Å². The number of halogens is 2. The number of nitrogens with zero attached hydrogens (tertiary/aromatic N) is 6. The first kappa shape index (κ1) is 22.9. The minimum Gasteiger partial charge on any atom is -0.478 e. The molecule has 4 aromatic rings. The monoisotopic (exact) mass is 482 g/mol. The molecule has 182 valence electrons. The lowest BCUT2D eigenvalue weighted by atomic mass is 10.0. The van der Waals surface area contributed by atoms with E-state index in [1.54, 1.807) is 0 Å². The molecule has 1 aliphatic heterocycles. The van der Waals surface area contributed by atoms with E-state index in [2.05, 4.69) is 20.1 Å². The molecule has 0 unspecified atom stereocenters. The van der Waals surface area contributed by atoms with Gasteiger partial charge in [-0.1, -0.05) is 25.1 Å². The summed E-state index contributed by atoms with van der Waals surface area (Å²) in [6, 6.07) is 4.18. The topological polar surface area (TPSA) is 110 Å². The molecule has 11 heteroatoms. The van der Waals surface area contributed by atoms with E-state index < -0.39 is 17.6 Å². The average Bonchev–Trinajstić information content (AvgIpc) is 3.46. The minimum absolute atomic E-state index is 0.0134. The highest BCUT2D eigenvalue weighted by Crippen LogP contribution is 2.32. The molecule has 1 fully saturated rings.